The van der Waals surface area contributed by atoms with Gasteiger partial charge >= 0.3 is 12.1 Å². The molecule has 0 aliphatic rings. The van der Waals surface area contributed by atoms with Gasteiger partial charge in [-0.2, -0.15) is 18.2 Å². The van der Waals surface area contributed by atoms with Crippen LogP contribution < -0.4 is 5.32 Å². The molecule has 1 heterocycles. The number of rotatable bonds is 9. The second kappa shape index (κ2) is 12.7. The normalized spacial score (nSPS) is 12.9. The largest absolute Gasteiger partial charge is 0.459 e. The third kappa shape index (κ3) is 8.28. The van der Waals surface area contributed by atoms with Crippen molar-refractivity contribution in [2.24, 2.45) is 5.92 Å². The van der Waals surface area contributed by atoms with Crippen LogP contribution in [0.4, 0.5) is 17.6 Å². The third-order valence-corrected chi connectivity index (χ3v) is 6.60. The van der Waals surface area contributed by atoms with Crippen LogP contribution in [-0.4, -0.2) is 27.8 Å². The summed E-state index contributed by atoms with van der Waals surface area (Å²) in [5.74, 6) is -0.886. The van der Waals surface area contributed by atoms with Gasteiger partial charge in [-0.3, -0.25) is 4.79 Å². The van der Waals surface area contributed by atoms with Gasteiger partial charge in [-0.1, -0.05) is 49.3 Å². The van der Waals surface area contributed by atoms with E-state index in [2.05, 4.69) is 15.5 Å². The number of esters is 1. The Kier molecular flexibility index (Phi) is 9.39. The maximum atomic E-state index is 14.7. The first-order chi connectivity index (χ1) is 20.1. The van der Waals surface area contributed by atoms with Crippen molar-refractivity contribution in [2.45, 2.75) is 72.3 Å². The van der Waals surface area contributed by atoms with Gasteiger partial charge in [0, 0.05) is 17.7 Å². The number of aromatic nitrogens is 2. The van der Waals surface area contributed by atoms with Crippen molar-refractivity contribution in [3.8, 4) is 34.0 Å². The molecule has 1 atom stereocenters. The minimum atomic E-state index is -4.63. The Bertz CT molecular complexity index is 1590. The molecule has 4 rings (SSSR count). The van der Waals surface area contributed by atoms with Crippen molar-refractivity contribution in [3.63, 3.8) is 0 Å². The van der Waals surface area contributed by atoms with Crippen LogP contribution in [-0.2, 0) is 22.3 Å². The summed E-state index contributed by atoms with van der Waals surface area (Å²) in [6.07, 6.45) is -4.11. The maximum Gasteiger partial charge on any atom is 0.417 e. The molecule has 4 aromatic rings. The van der Waals surface area contributed by atoms with Crippen LogP contribution in [0.3, 0.4) is 0 Å². The van der Waals surface area contributed by atoms with Crippen molar-refractivity contribution in [2.75, 3.05) is 0 Å². The van der Waals surface area contributed by atoms with Crippen LogP contribution in [0.2, 0.25) is 0 Å². The molecule has 0 spiro atoms. The zero-order valence-corrected chi connectivity index (χ0v) is 25.0. The molecule has 10 heteroatoms. The first-order valence-electron chi connectivity index (χ1n) is 14.0. The first kappa shape index (κ1) is 31.9. The van der Waals surface area contributed by atoms with Crippen LogP contribution in [0.25, 0.3) is 34.0 Å². The lowest BCUT2D eigenvalue weighted by atomic mass is 9.94. The van der Waals surface area contributed by atoms with E-state index in [0.29, 0.717) is 23.1 Å². The smallest absolute Gasteiger partial charge is 0.417 e. The summed E-state index contributed by atoms with van der Waals surface area (Å²) in [6.45, 7) is 11.2. The number of aryl methyl sites for hydroxylation is 1. The number of nitrogens with zero attached hydrogens (tertiary/aromatic N) is 2. The van der Waals surface area contributed by atoms with Crippen LogP contribution in [0.5, 0.6) is 0 Å². The molecule has 0 amide bonds. The van der Waals surface area contributed by atoms with Gasteiger partial charge in [0.15, 0.2) is 0 Å². The summed E-state index contributed by atoms with van der Waals surface area (Å²) >= 11 is 0. The molecule has 1 aromatic heterocycles. The summed E-state index contributed by atoms with van der Waals surface area (Å²) in [7, 11) is 0. The molecule has 1 N–H and O–H groups in total. The van der Waals surface area contributed by atoms with Crippen LogP contribution >= 0.6 is 0 Å². The fourth-order valence-corrected chi connectivity index (χ4v) is 4.71. The number of alkyl halides is 3. The van der Waals surface area contributed by atoms with Crippen molar-refractivity contribution in [1.29, 1.82) is 0 Å². The molecule has 0 saturated heterocycles. The lowest BCUT2D eigenvalue weighted by Gasteiger charge is -2.25. The van der Waals surface area contributed by atoms with E-state index < -0.39 is 35.2 Å². The highest BCUT2D eigenvalue weighted by Crippen LogP contribution is 2.40. The Balaban J connectivity index is 1.60. The number of halogens is 4. The SMILES string of the molecule is Cc1ccccc1-c1ccc(-c2nc(-c3cc(F)cc(CNC(CC(C)C)C(=O)OC(C)(C)C)c3)no2)cc1C(F)(F)F. The molecule has 0 saturated carbocycles. The maximum absolute atomic E-state index is 14.7. The molecular weight excluding hydrogens is 562 g/mol. The fourth-order valence-electron chi connectivity index (χ4n) is 4.71. The van der Waals surface area contributed by atoms with Crippen LogP contribution in [0, 0.1) is 18.7 Å². The predicted molar refractivity (Wildman–Crippen MR) is 156 cm³/mol. The minimum Gasteiger partial charge on any atom is -0.459 e. The Labute approximate surface area is 248 Å². The number of ether oxygens (including phenoxy) is 1. The number of carbonyl (C=O) groups excluding carboxylic acids is 1. The number of hydrogen-bond donors (Lipinski definition) is 1. The molecule has 1 unspecified atom stereocenters. The second-order valence-electron chi connectivity index (χ2n) is 11.9. The van der Waals surface area contributed by atoms with Gasteiger partial charge in [-0.15, -0.1) is 0 Å². The molecule has 0 fully saturated rings. The number of benzene rings is 3. The zero-order valence-electron chi connectivity index (χ0n) is 25.0. The van der Waals surface area contributed by atoms with E-state index in [1.54, 1.807) is 58.0 Å². The van der Waals surface area contributed by atoms with E-state index >= 15 is 0 Å². The molecule has 0 radical (unpaired) electrons. The van der Waals surface area contributed by atoms with Crippen molar-refractivity contribution in [3.05, 3.63) is 83.2 Å². The van der Waals surface area contributed by atoms with Crippen molar-refractivity contribution in [1.82, 2.24) is 15.5 Å². The molecule has 0 aliphatic heterocycles. The summed E-state index contributed by atoms with van der Waals surface area (Å²) in [5.41, 5.74) is 0.596. The van der Waals surface area contributed by atoms with Gasteiger partial charge in [-0.25, -0.2) is 4.39 Å². The highest BCUT2D eigenvalue weighted by atomic mass is 19.4. The average Bonchev–Trinajstić information content (AvgIpc) is 3.40. The monoisotopic (exact) mass is 597 g/mol. The van der Waals surface area contributed by atoms with E-state index in [4.69, 9.17) is 9.26 Å². The van der Waals surface area contributed by atoms with Gasteiger partial charge in [0.25, 0.3) is 5.89 Å². The van der Waals surface area contributed by atoms with Gasteiger partial charge in [-0.05, 0) is 92.6 Å². The minimum absolute atomic E-state index is 0.0122. The highest BCUT2D eigenvalue weighted by molar-refractivity contribution is 5.76. The topological polar surface area (TPSA) is 77.2 Å². The number of nitrogens with one attached hydrogen (secondary N) is 1. The Morgan fingerprint density at radius 2 is 1.70 bits per heavy atom. The first-order valence-corrected chi connectivity index (χ1v) is 14.0. The number of carbonyl (C=O) groups is 1. The molecule has 228 valence electrons. The Hall–Kier alpha value is -4.05. The quantitative estimate of drug-likeness (QED) is 0.154. The van der Waals surface area contributed by atoms with E-state index in [0.717, 1.165) is 6.07 Å². The van der Waals surface area contributed by atoms with Crippen LogP contribution in [0.1, 0.15) is 57.7 Å². The lowest BCUT2D eigenvalue weighted by Crippen LogP contribution is -2.41. The molecule has 6 nitrogen and oxygen atoms in total. The molecular formula is C33H35F4N3O3. The van der Waals surface area contributed by atoms with Gasteiger partial charge in [0.2, 0.25) is 5.82 Å². The molecule has 0 aliphatic carbocycles. The summed E-state index contributed by atoms with van der Waals surface area (Å²) in [5, 5.41) is 7.06. The number of hydrogen-bond acceptors (Lipinski definition) is 6. The van der Waals surface area contributed by atoms with E-state index in [1.807, 2.05) is 13.8 Å². The average molecular weight is 598 g/mol. The summed E-state index contributed by atoms with van der Waals surface area (Å²) < 4.78 is 67.8. The second-order valence-corrected chi connectivity index (χ2v) is 11.9. The molecule has 0 bridgehead atoms. The summed E-state index contributed by atoms with van der Waals surface area (Å²) in [6, 6.07) is 14.2. The predicted octanol–water partition coefficient (Wildman–Crippen LogP) is 8.38. The Morgan fingerprint density at radius 1 is 0.977 bits per heavy atom. The van der Waals surface area contributed by atoms with Crippen LogP contribution in [0.15, 0.2) is 65.2 Å². The van der Waals surface area contributed by atoms with E-state index in [1.165, 1.54) is 24.3 Å². The molecule has 43 heavy (non-hydrogen) atoms. The van der Waals surface area contributed by atoms with Crippen molar-refractivity contribution < 1.29 is 31.6 Å². The van der Waals surface area contributed by atoms with Gasteiger partial charge in [0.05, 0.1) is 5.56 Å². The van der Waals surface area contributed by atoms with E-state index in [9.17, 15) is 22.4 Å². The third-order valence-electron chi connectivity index (χ3n) is 6.60. The van der Waals surface area contributed by atoms with Gasteiger partial charge < -0.3 is 14.6 Å². The van der Waals surface area contributed by atoms with Crippen molar-refractivity contribution >= 4 is 5.97 Å². The highest BCUT2D eigenvalue weighted by Gasteiger charge is 2.35. The standard InChI is InChI=1S/C33H35F4N3O3/c1-19(2)13-28(31(41)42-32(4,5)6)38-18-21-14-23(16-24(34)15-21)29-39-30(43-40-29)22-11-12-26(27(17-22)33(35,36)37)25-10-8-7-9-20(25)3/h7-12,14-17,19,28,38H,13,18H2,1-6H3. The fraction of sp³-hybridized carbons (Fsp3) is 0.364. The Morgan fingerprint density at radius 3 is 2.35 bits per heavy atom. The van der Waals surface area contributed by atoms with Gasteiger partial charge in [0.1, 0.15) is 17.5 Å². The zero-order chi connectivity index (χ0) is 31.5. The van der Waals surface area contributed by atoms with E-state index in [-0.39, 0.29) is 40.9 Å². The molecule has 3 aromatic carbocycles. The lowest BCUT2D eigenvalue weighted by molar-refractivity contribution is -0.158. The summed E-state index contributed by atoms with van der Waals surface area (Å²) in [4.78, 5) is 17.0.